The lowest BCUT2D eigenvalue weighted by Gasteiger charge is -2.17. The van der Waals surface area contributed by atoms with Gasteiger partial charge in [0.15, 0.2) is 0 Å². The van der Waals surface area contributed by atoms with E-state index in [0.717, 1.165) is 12.5 Å². The van der Waals surface area contributed by atoms with E-state index in [4.69, 9.17) is 0 Å². The Morgan fingerprint density at radius 3 is 2.71 bits per heavy atom. The molecule has 0 heterocycles. The van der Waals surface area contributed by atoms with Crippen molar-refractivity contribution in [1.82, 2.24) is 0 Å². The van der Waals surface area contributed by atoms with E-state index in [9.17, 15) is 0 Å². The second kappa shape index (κ2) is 7.75. The lowest BCUT2D eigenvalue weighted by molar-refractivity contribution is 0.472. The highest BCUT2D eigenvalue weighted by atomic mass is 79.9. The van der Waals surface area contributed by atoms with Crippen molar-refractivity contribution in [3.63, 3.8) is 0 Å². The van der Waals surface area contributed by atoms with Crippen LogP contribution in [0.15, 0.2) is 22.7 Å². The number of hydrogen-bond acceptors (Lipinski definition) is 1. The first-order valence-electron chi connectivity index (χ1n) is 6.68. The fraction of sp³-hybridized carbons (Fsp3) is 0.600. The van der Waals surface area contributed by atoms with Gasteiger partial charge < -0.3 is 5.32 Å². The first kappa shape index (κ1) is 14.6. The summed E-state index contributed by atoms with van der Waals surface area (Å²) in [6, 6.07) is 6.34. The van der Waals surface area contributed by atoms with Gasteiger partial charge in [-0.2, -0.15) is 0 Å². The van der Waals surface area contributed by atoms with Crippen LogP contribution in [0.4, 0.5) is 5.69 Å². The topological polar surface area (TPSA) is 12.0 Å². The molecule has 0 aliphatic carbocycles. The number of nitrogens with one attached hydrogen (secondary N) is 1. The Balaban J connectivity index is 2.50. The molecule has 1 aromatic carbocycles. The standard InChI is InChI=1S/C15H24BrN/c1-4-6-8-13(5-2)11-17-15-10-7-9-14(16)12(15)3/h7,9-10,13,17H,4-6,8,11H2,1-3H3. The second-order valence-electron chi connectivity index (χ2n) is 4.71. The maximum atomic E-state index is 3.58. The third-order valence-corrected chi connectivity index (χ3v) is 4.25. The zero-order chi connectivity index (χ0) is 12.7. The van der Waals surface area contributed by atoms with Gasteiger partial charge in [0.05, 0.1) is 0 Å². The monoisotopic (exact) mass is 297 g/mol. The summed E-state index contributed by atoms with van der Waals surface area (Å²) in [6.45, 7) is 7.79. The molecule has 0 saturated carbocycles. The van der Waals surface area contributed by atoms with Crippen molar-refractivity contribution in [3.05, 3.63) is 28.2 Å². The van der Waals surface area contributed by atoms with Gasteiger partial charge in [0, 0.05) is 16.7 Å². The largest absolute Gasteiger partial charge is 0.385 e. The SMILES string of the molecule is CCCCC(CC)CNc1cccc(Br)c1C. The molecule has 1 N–H and O–H groups in total. The van der Waals surface area contributed by atoms with Crippen molar-refractivity contribution in [2.45, 2.75) is 46.5 Å². The lowest BCUT2D eigenvalue weighted by Crippen LogP contribution is -2.14. The lowest BCUT2D eigenvalue weighted by atomic mass is 9.99. The quantitative estimate of drug-likeness (QED) is 0.712. The minimum Gasteiger partial charge on any atom is -0.385 e. The number of halogens is 1. The van der Waals surface area contributed by atoms with Crippen LogP contribution in [0.3, 0.4) is 0 Å². The van der Waals surface area contributed by atoms with Crippen molar-refractivity contribution >= 4 is 21.6 Å². The van der Waals surface area contributed by atoms with E-state index in [1.54, 1.807) is 0 Å². The van der Waals surface area contributed by atoms with Crippen LogP contribution in [0.2, 0.25) is 0 Å². The smallest absolute Gasteiger partial charge is 0.0381 e. The summed E-state index contributed by atoms with van der Waals surface area (Å²) in [5.74, 6) is 0.799. The molecular weight excluding hydrogens is 274 g/mol. The van der Waals surface area contributed by atoms with Gasteiger partial charge in [-0.25, -0.2) is 0 Å². The molecule has 0 bridgehead atoms. The highest BCUT2D eigenvalue weighted by Gasteiger charge is 2.07. The van der Waals surface area contributed by atoms with Crippen LogP contribution in [0, 0.1) is 12.8 Å². The maximum Gasteiger partial charge on any atom is 0.0381 e. The highest BCUT2D eigenvalue weighted by Crippen LogP contribution is 2.24. The van der Waals surface area contributed by atoms with Gasteiger partial charge in [-0.15, -0.1) is 0 Å². The average Bonchev–Trinajstić information content (AvgIpc) is 2.34. The number of unbranched alkanes of at least 4 members (excludes halogenated alkanes) is 1. The summed E-state index contributed by atoms with van der Waals surface area (Å²) >= 11 is 3.57. The molecule has 0 aromatic heterocycles. The van der Waals surface area contributed by atoms with Crippen molar-refractivity contribution in [2.24, 2.45) is 5.92 Å². The maximum absolute atomic E-state index is 3.58. The predicted molar refractivity (Wildman–Crippen MR) is 80.7 cm³/mol. The fourth-order valence-corrected chi connectivity index (χ4v) is 2.36. The van der Waals surface area contributed by atoms with Gasteiger partial charge in [0.2, 0.25) is 0 Å². The molecular formula is C15H24BrN. The first-order chi connectivity index (χ1) is 8.19. The molecule has 17 heavy (non-hydrogen) atoms. The third-order valence-electron chi connectivity index (χ3n) is 3.39. The fourth-order valence-electron chi connectivity index (χ4n) is 2.00. The molecule has 0 aliphatic heterocycles. The summed E-state index contributed by atoms with van der Waals surface area (Å²) < 4.78 is 1.18. The van der Waals surface area contributed by atoms with Gasteiger partial charge in [0.25, 0.3) is 0 Å². The molecule has 1 unspecified atom stereocenters. The van der Waals surface area contributed by atoms with Crippen LogP contribution >= 0.6 is 15.9 Å². The van der Waals surface area contributed by atoms with Gasteiger partial charge >= 0.3 is 0 Å². The van der Waals surface area contributed by atoms with Crippen LogP contribution in [-0.2, 0) is 0 Å². The van der Waals surface area contributed by atoms with E-state index < -0.39 is 0 Å². The highest BCUT2D eigenvalue weighted by molar-refractivity contribution is 9.10. The van der Waals surface area contributed by atoms with Crippen molar-refractivity contribution in [1.29, 1.82) is 0 Å². The minimum absolute atomic E-state index is 0.799. The molecule has 0 aliphatic rings. The Bertz CT molecular complexity index is 336. The molecule has 0 radical (unpaired) electrons. The van der Waals surface area contributed by atoms with Crippen LogP contribution in [0.1, 0.15) is 45.1 Å². The zero-order valence-electron chi connectivity index (χ0n) is 11.2. The Morgan fingerprint density at radius 1 is 1.29 bits per heavy atom. The molecule has 2 heteroatoms. The Morgan fingerprint density at radius 2 is 2.06 bits per heavy atom. The Labute approximate surface area is 114 Å². The minimum atomic E-state index is 0.799. The average molecular weight is 298 g/mol. The molecule has 0 amide bonds. The van der Waals surface area contributed by atoms with Crippen LogP contribution in [-0.4, -0.2) is 6.54 Å². The van der Waals surface area contributed by atoms with Gasteiger partial charge in [-0.1, -0.05) is 55.1 Å². The zero-order valence-corrected chi connectivity index (χ0v) is 12.8. The van der Waals surface area contributed by atoms with Gasteiger partial charge in [-0.05, 0) is 37.0 Å². The van der Waals surface area contributed by atoms with Crippen molar-refractivity contribution in [3.8, 4) is 0 Å². The van der Waals surface area contributed by atoms with E-state index >= 15 is 0 Å². The molecule has 1 rings (SSSR count). The van der Waals surface area contributed by atoms with Crippen LogP contribution < -0.4 is 5.32 Å². The number of rotatable bonds is 7. The number of hydrogen-bond donors (Lipinski definition) is 1. The summed E-state index contributed by atoms with van der Waals surface area (Å²) in [4.78, 5) is 0. The first-order valence-corrected chi connectivity index (χ1v) is 7.47. The predicted octanol–water partition coefficient (Wildman–Crippen LogP) is 5.39. The molecule has 1 aromatic rings. The number of anilines is 1. The summed E-state index contributed by atoms with van der Waals surface area (Å²) in [5, 5.41) is 3.58. The molecule has 1 nitrogen and oxygen atoms in total. The van der Waals surface area contributed by atoms with Crippen molar-refractivity contribution < 1.29 is 0 Å². The van der Waals surface area contributed by atoms with E-state index in [0.29, 0.717) is 0 Å². The normalized spacial score (nSPS) is 12.5. The molecule has 0 spiro atoms. The van der Waals surface area contributed by atoms with Crippen LogP contribution in [0.5, 0.6) is 0 Å². The van der Waals surface area contributed by atoms with Crippen molar-refractivity contribution in [2.75, 3.05) is 11.9 Å². The Kier molecular flexibility index (Phi) is 6.64. The van der Waals surface area contributed by atoms with E-state index in [-0.39, 0.29) is 0 Å². The van der Waals surface area contributed by atoms with Gasteiger partial charge in [-0.3, -0.25) is 0 Å². The Hall–Kier alpha value is -0.500. The van der Waals surface area contributed by atoms with E-state index in [2.05, 4.69) is 60.2 Å². The second-order valence-corrected chi connectivity index (χ2v) is 5.56. The molecule has 0 fully saturated rings. The molecule has 1 atom stereocenters. The van der Waals surface area contributed by atoms with Gasteiger partial charge in [0.1, 0.15) is 0 Å². The summed E-state index contributed by atoms with van der Waals surface area (Å²) in [7, 11) is 0. The summed E-state index contributed by atoms with van der Waals surface area (Å²) in [6.07, 6.45) is 5.25. The van der Waals surface area contributed by atoms with E-state index in [1.807, 2.05) is 0 Å². The third kappa shape index (κ3) is 4.71. The molecule has 0 saturated heterocycles. The van der Waals surface area contributed by atoms with Crippen LogP contribution in [0.25, 0.3) is 0 Å². The summed E-state index contributed by atoms with van der Waals surface area (Å²) in [5.41, 5.74) is 2.56. The number of benzene rings is 1. The van der Waals surface area contributed by atoms with E-state index in [1.165, 1.54) is 41.4 Å². The molecule has 96 valence electrons.